The Morgan fingerprint density at radius 2 is 1.90 bits per heavy atom. The van der Waals surface area contributed by atoms with Crippen LogP contribution in [0.1, 0.15) is 0 Å². The van der Waals surface area contributed by atoms with Gasteiger partial charge >= 0.3 is 0 Å². The van der Waals surface area contributed by atoms with Crippen LogP contribution in [0.3, 0.4) is 0 Å². The molecule has 0 amide bonds. The van der Waals surface area contributed by atoms with Gasteiger partial charge in [-0.25, -0.2) is 9.37 Å². The molecule has 1 aromatic carbocycles. The molecule has 0 aliphatic carbocycles. The van der Waals surface area contributed by atoms with Crippen LogP contribution in [-0.2, 0) is 0 Å². The lowest BCUT2D eigenvalue weighted by Crippen LogP contribution is -2.03. The molecular weight excluding hydrogens is 306 g/mol. The number of hydrogen-bond donors (Lipinski definition) is 2. The number of anilines is 3. The first kappa shape index (κ1) is 14.6. The lowest BCUT2D eigenvalue weighted by molar-refractivity contribution is 0.415. The third-order valence-corrected chi connectivity index (χ3v) is 2.99. The topological polar surface area (TPSA) is 59.1 Å². The molecule has 2 rings (SSSR count). The van der Waals surface area contributed by atoms with Crippen LogP contribution in [0.5, 0.6) is 5.75 Å². The van der Waals surface area contributed by atoms with Crippen LogP contribution in [-0.4, -0.2) is 24.1 Å². The molecule has 0 unspecified atom stereocenters. The molecule has 0 atom stereocenters. The molecule has 1 aromatic heterocycles. The number of methoxy groups -OCH3 is 1. The number of aromatic nitrogens is 2. The average molecular weight is 317 g/mol. The van der Waals surface area contributed by atoms with E-state index in [1.165, 1.54) is 7.11 Å². The van der Waals surface area contributed by atoms with Crippen LogP contribution in [0, 0.1) is 5.82 Å². The van der Waals surface area contributed by atoms with Crippen LogP contribution >= 0.6 is 23.2 Å². The van der Waals surface area contributed by atoms with Gasteiger partial charge in [0.2, 0.25) is 5.95 Å². The Bertz CT molecular complexity index is 616. The molecule has 0 saturated heterocycles. The number of benzene rings is 1. The highest BCUT2D eigenvalue weighted by molar-refractivity contribution is 6.37. The van der Waals surface area contributed by atoms with Gasteiger partial charge in [-0.05, 0) is 12.1 Å². The molecule has 1 heterocycles. The lowest BCUT2D eigenvalue weighted by atomic mass is 10.3. The quantitative estimate of drug-likeness (QED) is 0.900. The Morgan fingerprint density at radius 3 is 2.45 bits per heavy atom. The molecule has 0 radical (unpaired) electrons. The van der Waals surface area contributed by atoms with Crippen LogP contribution in [0.15, 0.2) is 18.3 Å². The minimum absolute atomic E-state index is 0.0154. The van der Waals surface area contributed by atoms with E-state index in [9.17, 15) is 4.39 Å². The Labute approximate surface area is 125 Å². The van der Waals surface area contributed by atoms with Crippen molar-refractivity contribution in [1.29, 1.82) is 0 Å². The van der Waals surface area contributed by atoms with Gasteiger partial charge in [-0.1, -0.05) is 23.2 Å². The van der Waals surface area contributed by atoms with E-state index >= 15 is 0 Å². The zero-order valence-corrected chi connectivity index (χ0v) is 12.2. The summed E-state index contributed by atoms with van der Waals surface area (Å²) >= 11 is 12.0. The van der Waals surface area contributed by atoms with E-state index in [2.05, 4.69) is 20.6 Å². The van der Waals surface area contributed by atoms with Gasteiger partial charge in [-0.15, -0.1) is 0 Å². The summed E-state index contributed by atoms with van der Waals surface area (Å²) in [5.41, 5.74) is 0.487. The van der Waals surface area contributed by atoms with Gasteiger partial charge < -0.3 is 15.4 Å². The first-order valence-electron chi connectivity index (χ1n) is 5.55. The third kappa shape index (κ3) is 3.02. The smallest absolute Gasteiger partial charge is 0.224 e. The molecule has 2 N–H and O–H groups in total. The highest BCUT2D eigenvalue weighted by Crippen LogP contribution is 2.36. The van der Waals surface area contributed by atoms with E-state index in [1.807, 2.05) is 0 Å². The SMILES string of the molecule is CNc1ncc(F)c(Nc2cc(Cl)c(OC)c(Cl)c2)n1. The van der Waals surface area contributed by atoms with Crippen molar-refractivity contribution in [1.82, 2.24) is 9.97 Å². The van der Waals surface area contributed by atoms with Crippen LogP contribution in [0.25, 0.3) is 0 Å². The number of ether oxygens (including phenoxy) is 1. The summed E-state index contributed by atoms with van der Waals surface area (Å²) in [7, 11) is 3.10. The largest absolute Gasteiger partial charge is 0.494 e. The first-order valence-corrected chi connectivity index (χ1v) is 6.31. The van der Waals surface area contributed by atoms with Gasteiger partial charge in [0.25, 0.3) is 0 Å². The van der Waals surface area contributed by atoms with Crippen molar-refractivity contribution in [2.24, 2.45) is 0 Å². The Kier molecular flexibility index (Phi) is 4.46. The number of hydrogen-bond acceptors (Lipinski definition) is 5. The molecule has 0 aliphatic heterocycles. The second-order valence-electron chi connectivity index (χ2n) is 3.74. The van der Waals surface area contributed by atoms with Crippen LogP contribution < -0.4 is 15.4 Å². The summed E-state index contributed by atoms with van der Waals surface area (Å²) in [4.78, 5) is 7.71. The minimum atomic E-state index is -0.591. The van der Waals surface area contributed by atoms with Gasteiger partial charge in [-0.3, -0.25) is 0 Å². The van der Waals surface area contributed by atoms with Crippen molar-refractivity contribution in [3.05, 3.63) is 34.2 Å². The van der Waals surface area contributed by atoms with Crippen molar-refractivity contribution in [3.63, 3.8) is 0 Å². The molecule has 0 spiro atoms. The van der Waals surface area contributed by atoms with Gasteiger partial charge in [-0.2, -0.15) is 4.98 Å². The fourth-order valence-corrected chi connectivity index (χ4v) is 2.18. The average Bonchev–Trinajstić information content (AvgIpc) is 2.41. The number of rotatable bonds is 4. The summed E-state index contributed by atoms with van der Waals surface area (Å²) in [5.74, 6) is 0.0753. The third-order valence-electron chi connectivity index (χ3n) is 2.43. The minimum Gasteiger partial charge on any atom is -0.494 e. The fourth-order valence-electron chi connectivity index (χ4n) is 1.54. The predicted molar refractivity (Wildman–Crippen MR) is 77.8 cm³/mol. The van der Waals surface area contributed by atoms with Crippen molar-refractivity contribution < 1.29 is 9.13 Å². The summed E-state index contributed by atoms with van der Waals surface area (Å²) in [6.07, 6.45) is 1.06. The summed E-state index contributed by atoms with van der Waals surface area (Å²) < 4.78 is 18.7. The monoisotopic (exact) mass is 316 g/mol. The molecule has 0 saturated carbocycles. The summed E-state index contributed by atoms with van der Waals surface area (Å²) in [6.45, 7) is 0. The maximum atomic E-state index is 13.6. The molecule has 106 valence electrons. The highest BCUT2D eigenvalue weighted by Gasteiger charge is 2.11. The van der Waals surface area contributed by atoms with E-state index in [1.54, 1.807) is 19.2 Å². The maximum Gasteiger partial charge on any atom is 0.224 e. The van der Waals surface area contributed by atoms with Gasteiger partial charge in [0.1, 0.15) is 0 Å². The molecule has 2 aromatic rings. The maximum absolute atomic E-state index is 13.6. The molecular formula is C12H11Cl2FN4O. The summed E-state index contributed by atoms with van der Waals surface area (Å²) in [5, 5.41) is 6.13. The van der Waals surface area contributed by atoms with Gasteiger partial charge in [0.15, 0.2) is 17.4 Å². The van der Waals surface area contributed by atoms with Crippen molar-refractivity contribution >= 4 is 40.7 Å². The molecule has 0 fully saturated rings. The second-order valence-corrected chi connectivity index (χ2v) is 4.55. The first-order chi connectivity index (χ1) is 9.55. The molecule has 0 aliphatic rings. The Balaban J connectivity index is 2.35. The molecule has 5 nitrogen and oxygen atoms in total. The zero-order chi connectivity index (χ0) is 14.7. The molecule has 0 bridgehead atoms. The molecule has 20 heavy (non-hydrogen) atoms. The predicted octanol–water partition coefficient (Wildman–Crippen LogP) is 3.72. The summed E-state index contributed by atoms with van der Waals surface area (Å²) in [6, 6.07) is 3.12. The van der Waals surface area contributed by atoms with E-state index in [4.69, 9.17) is 27.9 Å². The van der Waals surface area contributed by atoms with Gasteiger partial charge in [0.05, 0.1) is 23.4 Å². The number of nitrogens with one attached hydrogen (secondary N) is 2. The Morgan fingerprint density at radius 1 is 1.25 bits per heavy atom. The zero-order valence-electron chi connectivity index (χ0n) is 10.7. The van der Waals surface area contributed by atoms with E-state index in [0.29, 0.717) is 27.4 Å². The van der Waals surface area contributed by atoms with E-state index < -0.39 is 5.82 Å². The van der Waals surface area contributed by atoms with Crippen LogP contribution in [0.4, 0.5) is 21.8 Å². The fraction of sp³-hybridized carbons (Fsp3) is 0.167. The lowest BCUT2D eigenvalue weighted by Gasteiger charge is -2.11. The molecule has 8 heteroatoms. The number of nitrogens with zero attached hydrogens (tertiary/aromatic N) is 2. The van der Waals surface area contributed by atoms with E-state index in [0.717, 1.165) is 6.20 Å². The normalized spacial score (nSPS) is 10.2. The second kappa shape index (κ2) is 6.11. The van der Waals surface area contributed by atoms with Gasteiger partial charge in [0, 0.05) is 12.7 Å². The van der Waals surface area contributed by atoms with Crippen molar-refractivity contribution in [2.45, 2.75) is 0 Å². The van der Waals surface area contributed by atoms with Crippen molar-refractivity contribution in [2.75, 3.05) is 24.8 Å². The Hall–Kier alpha value is -1.79. The number of halogens is 3. The standard InChI is InChI=1S/C12H11Cl2FN4O/c1-16-12-17-5-9(15)11(19-12)18-6-3-7(13)10(20-2)8(14)4-6/h3-5H,1-2H3,(H2,16,17,18,19). The van der Waals surface area contributed by atoms with Crippen LogP contribution in [0.2, 0.25) is 10.0 Å². The highest BCUT2D eigenvalue weighted by atomic mass is 35.5. The van der Waals surface area contributed by atoms with E-state index in [-0.39, 0.29) is 5.82 Å². The van der Waals surface area contributed by atoms with Crippen molar-refractivity contribution in [3.8, 4) is 5.75 Å².